The minimum Gasteiger partial charge on any atom is -0.347 e. The highest BCUT2D eigenvalue weighted by Crippen LogP contribution is 2.38. The summed E-state index contributed by atoms with van der Waals surface area (Å²) in [5.74, 6) is -4.15. The first-order valence-corrected chi connectivity index (χ1v) is 17.7. The first-order valence-electron chi connectivity index (χ1n) is 15.9. The highest BCUT2D eigenvalue weighted by molar-refractivity contribution is 7.89. The fourth-order valence-electron chi connectivity index (χ4n) is 5.79. The molecule has 4 N–H and O–H groups in total. The third-order valence-corrected chi connectivity index (χ3v) is 10.2. The maximum atomic E-state index is 14.3. The molecule has 2 aromatic rings. The first kappa shape index (κ1) is 35.5. The van der Waals surface area contributed by atoms with E-state index in [9.17, 15) is 32.0 Å². The van der Waals surface area contributed by atoms with Gasteiger partial charge in [-0.25, -0.2) is 12.8 Å². The number of hydroxylamine groups is 1. The Kier molecular flexibility index (Phi) is 10.6. The maximum Gasteiger partial charge on any atom is 0.289 e. The van der Waals surface area contributed by atoms with Gasteiger partial charge in [0, 0.05) is 23.0 Å². The van der Waals surface area contributed by atoms with Gasteiger partial charge in [-0.05, 0) is 67.7 Å². The first-order chi connectivity index (χ1) is 22.7. The lowest BCUT2D eigenvalue weighted by molar-refractivity contribution is -0.143. The lowest BCUT2D eigenvalue weighted by Gasteiger charge is -2.31. The standard InChI is InChI=1S/C33H39ClFN5O7S/c1-4-6-25(29(41)31(43)36-23-11-12-23)37-30(42)27-17-33(16-26(38-47-33)20-7-5-8-21(34)15-20)18-40(27)32(44)28(19(2)3)39-48(45,46)24-13-9-22(35)10-14-24/h5,7-10,13-16,19,23,25,27-28,38-39H,4,6,11-12,17-18H2,1-3H3,(H,36,43)(H,37,42)/t25-,27-,28?,33+/m0/s1. The number of benzene rings is 2. The number of halogens is 2. The molecular formula is C33H39ClFN5O7S. The fourth-order valence-corrected chi connectivity index (χ4v) is 7.32. The van der Waals surface area contributed by atoms with Crippen LogP contribution in [0.5, 0.6) is 0 Å². The molecule has 1 aliphatic carbocycles. The number of amides is 3. The van der Waals surface area contributed by atoms with Crippen LogP contribution in [0.15, 0.2) is 59.5 Å². The van der Waals surface area contributed by atoms with E-state index in [2.05, 4.69) is 20.8 Å². The molecular weight excluding hydrogens is 665 g/mol. The summed E-state index contributed by atoms with van der Waals surface area (Å²) in [4.78, 5) is 61.0. The number of hydrogen-bond donors (Lipinski definition) is 4. The fraction of sp³-hybridized carbons (Fsp3) is 0.455. The summed E-state index contributed by atoms with van der Waals surface area (Å²) in [6, 6.07) is 7.46. The largest absolute Gasteiger partial charge is 0.347 e. The van der Waals surface area contributed by atoms with Crippen molar-refractivity contribution in [1.29, 1.82) is 0 Å². The van der Waals surface area contributed by atoms with Crippen LogP contribution in [0.2, 0.25) is 5.02 Å². The Hall–Kier alpha value is -3.85. The van der Waals surface area contributed by atoms with E-state index >= 15 is 0 Å². The van der Waals surface area contributed by atoms with Gasteiger partial charge in [-0.3, -0.25) is 29.5 Å². The number of nitrogens with one attached hydrogen (secondary N) is 4. The Balaban J connectivity index is 1.45. The number of ketones is 1. The minimum absolute atomic E-state index is 0.0432. The number of carbonyl (C=O) groups excluding carboxylic acids is 4. The van der Waals surface area contributed by atoms with Gasteiger partial charge in [-0.1, -0.05) is 50.9 Å². The van der Waals surface area contributed by atoms with Crippen molar-refractivity contribution < 1.29 is 36.8 Å². The highest BCUT2D eigenvalue weighted by atomic mass is 35.5. The third kappa shape index (κ3) is 8.05. The van der Waals surface area contributed by atoms with Crippen molar-refractivity contribution in [3.05, 3.63) is 71.0 Å². The summed E-state index contributed by atoms with van der Waals surface area (Å²) in [5, 5.41) is 5.84. The van der Waals surface area contributed by atoms with E-state index < -0.39 is 69.0 Å². The number of hydrogen-bond acceptors (Lipinski definition) is 8. The lowest BCUT2D eigenvalue weighted by atomic mass is 9.97. The molecule has 3 aliphatic rings. The van der Waals surface area contributed by atoms with Crippen molar-refractivity contribution in [1.82, 2.24) is 25.7 Å². The molecule has 0 radical (unpaired) electrons. The number of rotatable bonds is 13. The van der Waals surface area contributed by atoms with Crippen LogP contribution in [0.1, 0.15) is 58.4 Å². The number of Topliss-reactive ketones (excluding diaryl/α,β-unsaturated/α-hetero) is 1. The molecule has 2 aliphatic heterocycles. The van der Waals surface area contributed by atoms with Crippen LogP contribution in [0.25, 0.3) is 5.70 Å². The summed E-state index contributed by atoms with van der Waals surface area (Å²) in [5.41, 5.74) is 2.92. The molecule has 0 aromatic heterocycles. The van der Waals surface area contributed by atoms with E-state index in [1.54, 1.807) is 38.1 Å². The van der Waals surface area contributed by atoms with Gasteiger partial charge in [0.2, 0.25) is 27.6 Å². The molecule has 5 rings (SSSR count). The zero-order valence-corrected chi connectivity index (χ0v) is 28.4. The second kappa shape index (κ2) is 14.3. The maximum absolute atomic E-state index is 14.3. The molecule has 1 saturated carbocycles. The molecule has 2 heterocycles. The van der Waals surface area contributed by atoms with Crippen LogP contribution >= 0.6 is 11.6 Å². The van der Waals surface area contributed by atoms with Crippen LogP contribution in [0, 0.1) is 11.7 Å². The van der Waals surface area contributed by atoms with Gasteiger partial charge >= 0.3 is 0 Å². The predicted molar refractivity (Wildman–Crippen MR) is 175 cm³/mol. The molecule has 15 heteroatoms. The molecule has 258 valence electrons. The Morgan fingerprint density at radius 2 is 1.83 bits per heavy atom. The molecule has 4 atom stereocenters. The van der Waals surface area contributed by atoms with E-state index in [1.807, 2.05) is 13.0 Å². The number of likely N-dealkylation sites (tertiary alicyclic amines) is 1. The summed E-state index contributed by atoms with van der Waals surface area (Å²) in [7, 11) is -4.28. The van der Waals surface area contributed by atoms with Crippen LogP contribution < -0.4 is 20.8 Å². The Bertz CT molecular complexity index is 1720. The average molecular weight is 704 g/mol. The van der Waals surface area contributed by atoms with E-state index in [0.29, 0.717) is 22.7 Å². The summed E-state index contributed by atoms with van der Waals surface area (Å²) in [6.07, 6.45) is 3.95. The normalized spacial score (nSPS) is 21.8. The molecule has 12 nitrogen and oxygen atoms in total. The molecule has 1 spiro atoms. The molecule has 1 saturated heterocycles. The zero-order valence-electron chi connectivity index (χ0n) is 26.8. The van der Waals surface area contributed by atoms with E-state index in [-0.39, 0.29) is 30.3 Å². The Morgan fingerprint density at radius 3 is 2.46 bits per heavy atom. The predicted octanol–water partition coefficient (Wildman–Crippen LogP) is 2.83. The van der Waals surface area contributed by atoms with Crippen molar-refractivity contribution in [2.75, 3.05) is 6.54 Å². The van der Waals surface area contributed by atoms with Crippen molar-refractivity contribution in [3.63, 3.8) is 0 Å². The second-order valence-electron chi connectivity index (χ2n) is 12.8. The third-order valence-electron chi connectivity index (χ3n) is 8.53. The molecule has 48 heavy (non-hydrogen) atoms. The van der Waals surface area contributed by atoms with E-state index in [4.69, 9.17) is 16.4 Å². The average Bonchev–Trinajstić information content (AvgIpc) is 3.64. The zero-order chi connectivity index (χ0) is 34.8. The molecule has 1 unspecified atom stereocenters. The van der Waals surface area contributed by atoms with Gasteiger partial charge in [0.05, 0.1) is 23.2 Å². The lowest BCUT2D eigenvalue weighted by Crippen LogP contribution is -2.57. The number of sulfonamides is 1. The van der Waals surface area contributed by atoms with Gasteiger partial charge in [-0.2, -0.15) is 4.72 Å². The monoisotopic (exact) mass is 703 g/mol. The number of carbonyl (C=O) groups is 4. The SMILES string of the molecule is CCC[C@H](NC(=O)[C@@H]1C[C@]2(C=C(c3cccc(Cl)c3)NO2)CN1C(=O)C(NS(=O)(=O)c1ccc(F)cc1)C(C)C)C(=O)C(=O)NC1CC1. The molecule has 2 aromatic carbocycles. The summed E-state index contributed by atoms with van der Waals surface area (Å²) in [6.45, 7) is 4.97. The van der Waals surface area contributed by atoms with E-state index in [0.717, 1.165) is 37.1 Å². The summed E-state index contributed by atoms with van der Waals surface area (Å²) < 4.78 is 42.5. The topological polar surface area (TPSA) is 163 Å². The van der Waals surface area contributed by atoms with Crippen molar-refractivity contribution in [3.8, 4) is 0 Å². The smallest absolute Gasteiger partial charge is 0.289 e. The van der Waals surface area contributed by atoms with Crippen molar-refractivity contribution in [2.24, 2.45) is 5.92 Å². The quantitative estimate of drug-likeness (QED) is 0.232. The molecule has 0 bridgehead atoms. The van der Waals surface area contributed by atoms with Gasteiger partial charge in [0.1, 0.15) is 23.5 Å². The van der Waals surface area contributed by atoms with Crippen LogP contribution in [-0.2, 0) is 34.0 Å². The van der Waals surface area contributed by atoms with Crippen molar-refractivity contribution >= 4 is 50.8 Å². The Morgan fingerprint density at radius 1 is 1.12 bits per heavy atom. The van der Waals surface area contributed by atoms with Crippen LogP contribution in [0.4, 0.5) is 4.39 Å². The Labute approximate surface area is 283 Å². The summed E-state index contributed by atoms with van der Waals surface area (Å²) >= 11 is 6.19. The highest BCUT2D eigenvalue weighted by Gasteiger charge is 2.53. The van der Waals surface area contributed by atoms with Crippen LogP contribution in [0.3, 0.4) is 0 Å². The van der Waals surface area contributed by atoms with Gasteiger partial charge in [-0.15, -0.1) is 0 Å². The molecule has 3 amide bonds. The number of nitrogens with zero attached hydrogens (tertiary/aromatic N) is 1. The molecule has 2 fully saturated rings. The minimum atomic E-state index is -4.28. The van der Waals surface area contributed by atoms with E-state index in [1.165, 1.54) is 4.90 Å². The van der Waals surface area contributed by atoms with Gasteiger partial charge in [0.25, 0.3) is 5.91 Å². The van der Waals surface area contributed by atoms with Crippen molar-refractivity contribution in [2.45, 2.75) is 87.5 Å². The van der Waals surface area contributed by atoms with Gasteiger partial charge < -0.3 is 15.5 Å². The van der Waals surface area contributed by atoms with Gasteiger partial charge in [0.15, 0.2) is 0 Å². The van der Waals surface area contributed by atoms with Crippen LogP contribution in [-0.4, -0.2) is 73.1 Å². The second-order valence-corrected chi connectivity index (χ2v) is 14.9.